The number of hydrogen-bond acceptors (Lipinski definition) is 2. The first kappa shape index (κ1) is 13.6. The monoisotopic (exact) mass is 249 g/mol. The van der Waals surface area contributed by atoms with Crippen molar-refractivity contribution in [2.75, 3.05) is 6.54 Å². The predicted molar refractivity (Wildman–Crippen MR) is 75.6 cm³/mol. The van der Waals surface area contributed by atoms with Crippen molar-refractivity contribution in [3.63, 3.8) is 0 Å². The summed E-state index contributed by atoms with van der Waals surface area (Å²) < 4.78 is 2.01. The van der Waals surface area contributed by atoms with Gasteiger partial charge in [0.1, 0.15) is 0 Å². The Hall–Kier alpha value is -0.830. The minimum Gasteiger partial charge on any atom is -0.314 e. The first-order valence-electron chi connectivity index (χ1n) is 7.50. The molecule has 3 heteroatoms. The average Bonchev–Trinajstić information content (AvgIpc) is 2.63. The Balaban J connectivity index is 1.82. The van der Waals surface area contributed by atoms with Gasteiger partial charge in [-0.2, -0.15) is 5.10 Å². The molecular formula is C15H27N3. The van der Waals surface area contributed by atoms with Crippen LogP contribution in [-0.2, 0) is 13.5 Å². The smallest absolute Gasteiger partial charge is 0.0492 e. The average molecular weight is 249 g/mol. The van der Waals surface area contributed by atoms with Crippen LogP contribution in [0.2, 0.25) is 0 Å². The van der Waals surface area contributed by atoms with Gasteiger partial charge in [0, 0.05) is 25.0 Å². The lowest BCUT2D eigenvalue weighted by Gasteiger charge is -2.20. The maximum Gasteiger partial charge on any atom is 0.0492 e. The number of hydrogen-bond donors (Lipinski definition) is 1. The van der Waals surface area contributed by atoms with Gasteiger partial charge in [-0.3, -0.25) is 4.68 Å². The molecule has 2 rings (SSSR count). The number of rotatable bonds is 5. The molecule has 2 unspecified atom stereocenters. The van der Waals surface area contributed by atoms with E-state index in [9.17, 15) is 0 Å². The standard InChI is InChI=1S/C15H27N3/c1-3-16-14-7-5-4-6-13(12-14)8-9-15-10-11-17-18(15)2/h10-11,13-14,16H,3-9,12H2,1-2H3. The van der Waals surface area contributed by atoms with E-state index >= 15 is 0 Å². The van der Waals surface area contributed by atoms with Crippen LogP contribution in [0.3, 0.4) is 0 Å². The fourth-order valence-corrected chi connectivity index (χ4v) is 3.20. The van der Waals surface area contributed by atoms with Crippen molar-refractivity contribution in [2.45, 2.75) is 57.9 Å². The van der Waals surface area contributed by atoms with Crippen LogP contribution in [0.5, 0.6) is 0 Å². The third-order valence-corrected chi connectivity index (χ3v) is 4.26. The van der Waals surface area contributed by atoms with E-state index < -0.39 is 0 Å². The van der Waals surface area contributed by atoms with Crippen molar-refractivity contribution in [2.24, 2.45) is 13.0 Å². The molecule has 102 valence electrons. The van der Waals surface area contributed by atoms with E-state index in [0.29, 0.717) is 0 Å². The van der Waals surface area contributed by atoms with Crippen LogP contribution in [0.25, 0.3) is 0 Å². The molecule has 3 nitrogen and oxygen atoms in total. The summed E-state index contributed by atoms with van der Waals surface area (Å²) >= 11 is 0. The summed E-state index contributed by atoms with van der Waals surface area (Å²) in [4.78, 5) is 0. The molecule has 1 aromatic rings. The lowest BCUT2D eigenvalue weighted by molar-refractivity contribution is 0.370. The Kier molecular flexibility index (Phi) is 5.24. The van der Waals surface area contributed by atoms with Crippen LogP contribution >= 0.6 is 0 Å². The highest BCUT2D eigenvalue weighted by atomic mass is 15.2. The minimum absolute atomic E-state index is 0.758. The van der Waals surface area contributed by atoms with Crippen LogP contribution in [0.15, 0.2) is 12.3 Å². The van der Waals surface area contributed by atoms with E-state index in [1.54, 1.807) is 0 Å². The molecule has 1 N–H and O–H groups in total. The molecule has 0 radical (unpaired) electrons. The molecule has 1 aromatic heterocycles. The Morgan fingerprint density at radius 3 is 2.94 bits per heavy atom. The van der Waals surface area contributed by atoms with Crippen molar-refractivity contribution in [3.8, 4) is 0 Å². The fourth-order valence-electron chi connectivity index (χ4n) is 3.20. The number of aromatic nitrogens is 2. The first-order chi connectivity index (χ1) is 8.79. The SMILES string of the molecule is CCNC1CCCCC(CCc2ccnn2C)C1. The number of nitrogens with zero attached hydrogens (tertiary/aromatic N) is 2. The zero-order valence-electron chi connectivity index (χ0n) is 11.9. The lowest BCUT2D eigenvalue weighted by atomic mass is 9.92. The predicted octanol–water partition coefficient (Wildman–Crippen LogP) is 2.91. The van der Waals surface area contributed by atoms with E-state index in [1.807, 2.05) is 17.9 Å². The van der Waals surface area contributed by atoms with Gasteiger partial charge in [0.2, 0.25) is 0 Å². The molecule has 0 amide bonds. The topological polar surface area (TPSA) is 29.9 Å². The highest BCUT2D eigenvalue weighted by Crippen LogP contribution is 2.27. The highest BCUT2D eigenvalue weighted by Gasteiger charge is 2.19. The molecule has 18 heavy (non-hydrogen) atoms. The first-order valence-corrected chi connectivity index (χ1v) is 7.50. The van der Waals surface area contributed by atoms with Crippen LogP contribution in [0, 0.1) is 5.92 Å². The van der Waals surface area contributed by atoms with Crippen LogP contribution in [0.1, 0.15) is 51.1 Å². The zero-order chi connectivity index (χ0) is 12.8. The lowest BCUT2D eigenvalue weighted by Crippen LogP contribution is -2.30. The van der Waals surface area contributed by atoms with Crippen molar-refractivity contribution in [1.82, 2.24) is 15.1 Å². The largest absolute Gasteiger partial charge is 0.314 e. The highest BCUT2D eigenvalue weighted by molar-refractivity contribution is 5.00. The third kappa shape index (κ3) is 3.84. The molecule has 1 aliphatic carbocycles. The Labute approximate surface area is 111 Å². The second-order valence-corrected chi connectivity index (χ2v) is 5.63. The number of nitrogens with one attached hydrogen (secondary N) is 1. The molecule has 2 atom stereocenters. The quantitative estimate of drug-likeness (QED) is 0.813. The van der Waals surface area contributed by atoms with Crippen LogP contribution in [0.4, 0.5) is 0 Å². The van der Waals surface area contributed by atoms with Gasteiger partial charge in [-0.1, -0.05) is 26.2 Å². The van der Waals surface area contributed by atoms with Crippen LogP contribution in [-0.4, -0.2) is 22.4 Å². The summed E-state index contributed by atoms with van der Waals surface area (Å²) in [6, 6.07) is 2.91. The summed E-state index contributed by atoms with van der Waals surface area (Å²) in [6.07, 6.45) is 11.4. The summed E-state index contributed by atoms with van der Waals surface area (Å²) in [5.41, 5.74) is 1.37. The van der Waals surface area contributed by atoms with Gasteiger partial charge in [-0.05, 0) is 44.2 Å². The molecular weight excluding hydrogens is 222 g/mol. The summed E-state index contributed by atoms with van der Waals surface area (Å²) in [6.45, 7) is 3.33. The second kappa shape index (κ2) is 6.93. The Morgan fingerprint density at radius 1 is 1.39 bits per heavy atom. The van der Waals surface area contributed by atoms with E-state index in [0.717, 1.165) is 18.5 Å². The Bertz CT molecular complexity index is 345. The summed E-state index contributed by atoms with van der Waals surface area (Å²) in [7, 11) is 2.05. The maximum atomic E-state index is 4.25. The van der Waals surface area contributed by atoms with Gasteiger partial charge in [-0.25, -0.2) is 0 Å². The maximum absolute atomic E-state index is 4.25. The Morgan fingerprint density at radius 2 is 2.22 bits per heavy atom. The van der Waals surface area contributed by atoms with Gasteiger partial charge in [0.05, 0.1) is 0 Å². The van der Waals surface area contributed by atoms with Gasteiger partial charge >= 0.3 is 0 Å². The molecule has 0 aliphatic heterocycles. The van der Waals surface area contributed by atoms with Gasteiger partial charge in [0.15, 0.2) is 0 Å². The normalized spacial score (nSPS) is 25.0. The molecule has 1 saturated carbocycles. The van der Waals surface area contributed by atoms with E-state index in [2.05, 4.69) is 23.4 Å². The second-order valence-electron chi connectivity index (χ2n) is 5.63. The zero-order valence-corrected chi connectivity index (χ0v) is 11.9. The van der Waals surface area contributed by atoms with Gasteiger partial charge < -0.3 is 5.32 Å². The fraction of sp³-hybridized carbons (Fsp3) is 0.800. The van der Waals surface area contributed by atoms with Gasteiger partial charge in [0.25, 0.3) is 0 Å². The minimum atomic E-state index is 0.758. The molecule has 0 saturated heterocycles. The van der Waals surface area contributed by atoms with Crippen molar-refractivity contribution in [1.29, 1.82) is 0 Å². The van der Waals surface area contributed by atoms with Crippen molar-refractivity contribution in [3.05, 3.63) is 18.0 Å². The summed E-state index contributed by atoms with van der Waals surface area (Å²) in [5, 5.41) is 7.89. The molecule has 1 aliphatic rings. The molecule has 1 heterocycles. The molecule has 1 fully saturated rings. The van der Waals surface area contributed by atoms with Crippen molar-refractivity contribution >= 4 is 0 Å². The van der Waals surface area contributed by atoms with E-state index in [1.165, 1.54) is 50.6 Å². The summed E-state index contributed by atoms with van der Waals surface area (Å²) in [5.74, 6) is 0.895. The van der Waals surface area contributed by atoms with E-state index in [-0.39, 0.29) is 0 Å². The third-order valence-electron chi connectivity index (χ3n) is 4.26. The van der Waals surface area contributed by atoms with E-state index in [4.69, 9.17) is 0 Å². The van der Waals surface area contributed by atoms with Crippen LogP contribution < -0.4 is 5.32 Å². The molecule has 0 bridgehead atoms. The number of aryl methyl sites for hydroxylation is 2. The van der Waals surface area contributed by atoms with Gasteiger partial charge in [-0.15, -0.1) is 0 Å². The molecule has 0 aromatic carbocycles. The van der Waals surface area contributed by atoms with Crippen molar-refractivity contribution < 1.29 is 0 Å². The molecule has 0 spiro atoms.